The summed E-state index contributed by atoms with van der Waals surface area (Å²) in [6, 6.07) is 9.91. The molecule has 2 heterocycles. The van der Waals surface area contributed by atoms with Gasteiger partial charge in [0.25, 0.3) is 0 Å². The van der Waals surface area contributed by atoms with Crippen molar-refractivity contribution in [3.63, 3.8) is 0 Å². The van der Waals surface area contributed by atoms with Gasteiger partial charge < -0.3 is 14.8 Å². The molecule has 1 aromatic carbocycles. The fraction of sp³-hybridized carbons (Fsp3) is 0.412. The van der Waals surface area contributed by atoms with Gasteiger partial charge in [-0.1, -0.05) is 30.3 Å². The Bertz CT molecular complexity index is 621. The van der Waals surface area contributed by atoms with Crippen LogP contribution in [0.2, 0.25) is 0 Å². The topological polar surface area (TPSA) is 76.2 Å². The number of aromatic nitrogens is 2. The van der Waals surface area contributed by atoms with Crippen LogP contribution in [0.5, 0.6) is 0 Å². The molecule has 2 N–H and O–H groups in total. The van der Waals surface area contributed by atoms with Gasteiger partial charge in [-0.3, -0.25) is 9.89 Å². The molecule has 122 valence electrons. The van der Waals surface area contributed by atoms with Gasteiger partial charge in [-0.15, -0.1) is 0 Å². The third kappa shape index (κ3) is 4.40. The second-order valence-corrected chi connectivity index (χ2v) is 5.56. The molecule has 2 aromatic rings. The quantitative estimate of drug-likeness (QED) is 0.818. The lowest BCUT2D eigenvalue weighted by Gasteiger charge is -2.10. The van der Waals surface area contributed by atoms with Gasteiger partial charge in [-0.2, -0.15) is 5.10 Å². The Balaban J connectivity index is 1.45. The summed E-state index contributed by atoms with van der Waals surface area (Å²) >= 11 is 0. The molecule has 1 aromatic heterocycles. The van der Waals surface area contributed by atoms with E-state index >= 15 is 0 Å². The number of nitrogens with zero attached hydrogens (tertiary/aromatic N) is 1. The molecule has 0 bridgehead atoms. The summed E-state index contributed by atoms with van der Waals surface area (Å²) < 4.78 is 10.9. The first-order valence-electron chi connectivity index (χ1n) is 7.86. The number of aromatic amines is 1. The van der Waals surface area contributed by atoms with E-state index in [4.69, 9.17) is 9.47 Å². The predicted molar refractivity (Wildman–Crippen MR) is 85.7 cm³/mol. The lowest BCUT2D eigenvalue weighted by atomic mass is 10.1. The number of rotatable bonds is 7. The van der Waals surface area contributed by atoms with E-state index in [-0.39, 0.29) is 18.6 Å². The number of hydrogen-bond donors (Lipinski definition) is 2. The molecule has 1 aliphatic heterocycles. The van der Waals surface area contributed by atoms with Crippen molar-refractivity contribution in [1.82, 2.24) is 15.5 Å². The maximum Gasteiger partial charge on any atom is 0.246 e. The van der Waals surface area contributed by atoms with Crippen molar-refractivity contribution >= 4 is 5.91 Å². The minimum Gasteiger partial charge on any atom is -0.376 e. The minimum absolute atomic E-state index is 0.0540. The monoisotopic (exact) mass is 315 g/mol. The maximum atomic E-state index is 11.9. The number of amides is 1. The molecule has 0 spiro atoms. The van der Waals surface area contributed by atoms with Crippen molar-refractivity contribution < 1.29 is 14.3 Å². The number of ether oxygens (including phenoxy) is 2. The van der Waals surface area contributed by atoms with E-state index in [1.54, 1.807) is 6.20 Å². The van der Waals surface area contributed by atoms with Crippen LogP contribution in [0.3, 0.4) is 0 Å². The molecule has 0 unspecified atom stereocenters. The third-order valence-corrected chi connectivity index (χ3v) is 3.82. The third-order valence-electron chi connectivity index (χ3n) is 3.82. The lowest BCUT2D eigenvalue weighted by molar-refractivity contribution is -0.127. The standard InChI is InChI=1S/C17H21N3O3/c21-16(12-22-11-15-7-4-8-23-15)18-9-14-10-19-20-17(14)13-5-2-1-3-6-13/h1-3,5-6,10,15H,4,7-9,11-12H2,(H,18,21)(H,19,20)/t15-/m1/s1. The van der Waals surface area contributed by atoms with Gasteiger partial charge >= 0.3 is 0 Å². The molecule has 6 nitrogen and oxygen atoms in total. The largest absolute Gasteiger partial charge is 0.376 e. The molecule has 0 radical (unpaired) electrons. The molecule has 1 aliphatic rings. The molecular formula is C17H21N3O3. The maximum absolute atomic E-state index is 11.9. The van der Waals surface area contributed by atoms with Gasteiger partial charge in [0.1, 0.15) is 6.61 Å². The second-order valence-electron chi connectivity index (χ2n) is 5.56. The molecular weight excluding hydrogens is 294 g/mol. The summed E-state index contributed by atoms with van der Waals surface area (Å²) in [5, 5.41) is 9.90. The normalized spacial score (nSPS) is 17.3. The van der Waals surface area contributed by atoms with Crippen LogP contribution in [0.4, 0.5) is 0 Å². The summed E-state index contributed by atoms with van der Waals surface area (Å²) in [7, 11) is 0. The molecule has 1 fully saturated rings. The van der Waals surface area contributed by atoms with E-state index in [0.29, 0.717) is 13.2 Å². The van der Waals surface area contributed by atoms with Crippen molar-refractivity contribution in [2.45, 2.75) is 25.5 Å². The van der Waals surface area contributed by atoms with Gasteiger partial charge in [-0.25, -0.2) is 0 Å². The van der Waals surface area contributed by atoms with E-state index in [2.05, 4.69) is 15.5 Å². The van der Waals surface area contributed by atoms with Crippen LogP contribution in [-0.4, -0.2) is 42.0 Å². The number of carbonyl (C=O) groups is 1. The van der Waals surface area contributed by atoms with Crippen molar-refractivity contribution in [1.29, 1.82) is 0 Å². The van der Waals surface area contributed by atoms with Gasteiger partial charge in [0.05, 0.1) is 24.6 Å². The van der Waals surface area contributed by atoms with Gasteiger partial charge in [0.15, 0.2) is 0 Å². The predicted octanol–water partition coefficient (Wildman–Crippen LogP) is 1.89. The summed E-state index contributed by atoms with van der Waals surface area (Å²) in [5.74, 6) is -0.136. The fourth-order valence-electron chi connectivity index (χ4n) is 2.60. The van der Waals surface area contributed by atoms with E-state index in [0.717, 1.165) is 36.3 Å². The summed E-state index contributed by atoms with van der Waals surface area (Å²) in [4.78, 5) is 11.9. The number of H-pyrrole nitrogens is 1. The highest BCUT2D eigenvalue weighted by molar-refractivity contribution is 5.77. The highest BCUT2D eigenvalue weighted by Crippen LogP contribution is 2.20. The summed E-state index contributed by atoms with van der Waals surface area (Å²) in [6.07, 6.45) is 3.96. The van der Waals surface area contributed by atoms with Crippen LogP contribution in [-0.2, 0) is 20.8 Å². The van der Waals surface area contributed by atoms with Crippen molar-refractivity contribution in [2.75, 3.05) is 19.8 Å². The Morgan fingerprint density at radius 2 is 2.26 bits per heavy atom. The molecule has 1 amide bonds. The van der Waals surface area contributed by atoms with Crippen molar-refractivity contribution in [2.24, 2.45) is 0 Å². The van der Waals surface area contributed by atoms with Gasteiger partial charge in [0, 0.05) is 18.7 Å². The molecule has 1 saturated heterocycles. The molecule has 0 saturated carbocycles. The number of nitrogens with one attached hydrogen (secondary N) is 2. The number of carbonyl (C=O) groups excluding carboxylic acids is 1. The van der Waals surface area contributed by atoms with Gasteiger partial charge in [0.2, 0.25) is 5.91 Å². The second kappa shape index (κ2) is 7.89. The molecule has 23 heavy (non-hydrogen) atoms. The summed E-state index contributed by atoms with van der Waals surface area (Å²) in [5.41, 5.74) is 2.92. The Kier molecular flexibility index (Phi) is 5.39. The first-order chi connectivity index (χ1) is 11.3. The van der Waals surface area contributed by atoms with Crippen LogP contribution >= 0.6 is 0 Å². The zero-order valence-corrected chi connectivity index (χ0v) is 13.0. The van der Waals surface area contributed by atoms with Crippen LogP contribution in [0.1, 0.15) is 18.4 Å². The van der Waals surface area contributed by atoms with Crippen LogP contribution in [0.15, 0.2) is 36.5 Å². The first kappa shape index (κ1) is 15.7. The minimum atomic E-state index is -0.136. The zero-order valence-electron chi connectivity index (χ0n) is 13.0. The van der Waals surface area contributed by atoms with Crippen LogP contribution in [0.25, 0.3) is 11.3 Å². The SMILES string of the molecule is O=C(COC[C@H]1CCCO1)NCc1cn[nH]c1-c1ccccc1. The molecule has 3 rings (SSSR count). The Hall–Kier alpha value is -2.18. The summed E-state index contributed by atoms with van der Waals surface area (Å²) in [6.45, 7) is 1.75. The van der Waals surface area contributed by atoms with Crippen LogP contribution in [0, 0.1) is 0 Å². The van der Waals surface area contributed by atoms with E-state index in [1.165, 1.54) is 0 Å². The Labute approximate surface area is 135 Å². The highest BCUT2D eigenvalue weighted by Gasteiger charge is 2.16. The number of hydrogen-bond acceptors (Lipinski definition) is 4. The lowest BCUT2D eigenvalue weighted by Crippen LogP contribution is -2.28. The first-order valence-corrected chi connectivity index (χ1v) is 7.86. The van der Waals surface area contributed by atoms with E-state index < -0.39 is 0 Å². The molecule has 0 aliphatic carbocycles. The Morgan fingerprint density at radius 1 is 1.39 bits per heavy atom. The average molecular weight is 315 g/mol. The Morgan fingerprint density at radius 3 is 3.04 bits per heavy atom. The molecule has 1 atom stereocenters. The van der Waals surface area contributed by atoms with Crippen molar-refractivity contribution in [3.8, 4) is 11.3 Å². The molecule has 6 heteroatoms. The van der Waals surface area contributed by atoms with Crippen molar-refractivity contribution in [3.05, 3.63) is 42.1 Å². The average Bonchev–Trinajstić information content (AvgIpc) is 3.25. The highest BCUT2D eigenvalue weighted by atomic mass is 16.5. The fourth-order valence-corrected chi connectivity index (χ4v) is 2.60. The van der Waals surface area contributed by atoms with E-state index in [9.17, 15) is 4.79 Å². The number of benzene rings is 1. The van der Waals surface area contributed by atoms with E-state index in [1.807, 2.05) is 30.3 Å². The smallest absolute Gasteiger partial charge is 0.246 e. The van der Waals surface area contributed by atoms with Gasteiger partial charge in [-0.05, 0) is 18.4 Å². The zero-order chi connectivity index (χ0) is 15.9. The van der Waals surface area contributed by atoms with Crippen LogP contribution < -0.4 is 5.32 Å².